The maximum Gasteiger partial charge on any atom is 0.260 e. The van der Waals surface area contributed by atoms with E-state index < -0.39 is 0 Å². The number of anilines is 1. The number of halogens is 1. The van der Waals surface area contributed by atoms with Crippen molar-refractivity contribution >= 4 is 40.2 Å². The number of benzene rings is 1. The Morgan fingerprint density at radius 1 is 1.22 bits per heavy atom. The average Bonchev–Trinajstić information content (AvgIpc) is 3.06. The Kier molecular flexibility index (Phi) is 6.67. The van der Waals surface area contributed by atoms with E-state index in [0.29, 0.717) is 43.5 Å². The smallest absolute Gasteiger partial charge is 0.260 e. The molecule has 1 aromatic carbocycles. The van der Waals surface area contributed by atoms with E-state index in [1.54, 1.807) is 17.9 Å². The second kappa shape index (κ2) is 9.18. The van der Waals surface area contributed by atoms with Crippen LogP contribution in [0.15, 0.2) is 34.9 Å². The second-order valence-electron chi connectivity index (χ2n) is 6.27. The van der Waals surface area contributed by atoms with Gasteiger partial charge in [0, 0.05) is 35.8 Å². The first-order valence-corrected chi connectivity index (χ1v) is 9.69. The van der Waals surface area contributed by atoms with E-state index in [4.69, 9.17) is 9.26 Å². The molecule has 2 amide bonds. The van der Waals surface area contributed by atoms with Crippen LogP contribution in [0.2, 0.25) is 0 Å². The van der Waals surface area contributed by atoms with E-state index in [1.807, 2.05) is 29.2 Å². The van der Waals surface area contributed by atoms with Crippen molar-refractivity contribution in [1.82, 2.24) is 15.0 Å². The third-order valence-electron chi connectivity index (χ3n) is 4.16. The number of rotatable bonds is 6. The second-order valence-corrected chi connectivity index (χ2v) is 7.52. The first kappa shape index (κ1) is 19.6. The van der Waals surface area contributed by atoms with Gasteiger partial charge in [0.2, 0.25) is 5.91 Å². The van der Waals surface area contributed by atoms with E-state index >= 15 is 0 Å². The molecule has 0 spiro atoms. The summed E-state index contributed by atoms with van der Waals surface area (Å²) in [7, 11) is 0. The first-order chi connectivity index (χ1) is 13.0. The molecule has 0 aliphatic carbocycles. The van der Waals surface area contributed by atoms with Gasteiger partial charge in [-0.05, 0) is 53.8 Å². The fourth-order valence-corrected chi connectivity index (χ4v) is 3.09. The molecule has 1 aromatic heterocycles. The number of piperazine rings is 1. The highest BCUT2D eigenvalue weighted by molar-refractivity contribution is 14.1. The lowest BCUT2D eigenvalue weighted by Gasteiger charge is -2.34. The van der Waals surface area contributed by atoms with Gasteiger partial charge >= 0.3 is 0 Å². The van der Waals surface area contributed by atoms with Gasteiger partial charge in [-0.1, -0.05) is 5.16 Å². The van der Waals surface area contributed by atoms with Crippen molar-refractivity contribution in [2.45, 2.75) is 6.92 Å². The number of amides is 2. The number of carbonyl (C=O) groups is 2. The van der Waals surface area contributed by atoms with Gasteiger partial charge in [-0.25, -0.2) is 0 Å². The van der Waals surface area contributed by atoms with Crippen molar-refractivity contribution in [3.63, 3.8) is 0 Å². The van der Waals surface area contributed by atoms with Gasteiger partial charge in [-0.2, -0.15) is 0 Å². The molecule has 0 atom stereocenters. The summed E-state index contributed by atoms with van der Waals surface area (Å²) in [4.78, 5) is 28.1. The summed E-state index contributed by atoms with van der Waals surface area (Å²) in [5.74, 6) is 1.55. The zero-order valence-corrected chi connectivity index (χ0v) is 17.1. The Bertz CT molecular complexity index is 785. The molecule has 8 nitrogen and oxygen atoms in total. The maximum absolute atomic E-state index is 12.3. The molecule has 1 aliphatic heterocycles. The number of hydrogen-bond acceptors (Lipinski definition) is 6. The largest absolute Gasteiger partial charge is 0.484 e. The number of nitrogens with one attached hydrogen (secondary N) is 1. The Balaban J connectivity index is 1.38. The van der Waals surface area contributed by atoms with Crippen molar-refractivity contribution in [3.8, 4) is 5.75 Å². The van der Waals surface area contributed by atoms with Crippen LogP contribution in [0.25, 0.3) is 0 Å². The van der Waals surface area contributed by atoms with Gasteiger partial charge in [0.1, 0.15) is 11.5 Å². The SMILES string of the molecule is Cc1cc(NC(=O)CN2CCN(C(=O)COc3ccc(I)cc3)CC2)no1. The minimum Gasteiger partial charge on any atom is -0.484 e. The molecule has 2 aromatic rings. The minimum absolute atomic E-state index is 0.0204. The van der Waals surface area contributed by atoms with E-state index in [0.717, 1.165) is 3.57 Å². The van der Waals surface area contributed by atoms with Gasteiger partial charge < -0.3 is 19.5 Å². The quantitative estimate of drug-likeness (QED) is 0.629. The lowest BCUT2D eigenvalue weighted by Crippen LogP contribution is -2.51. The summed E-state index contributed by atoms with van der Waals surface area (Å²) in [6.45, 7) is 4.47. The predicted molar refractivity (Wildman–Crippen MR) is 108 cm³/mol. The highest BCUT2D eigenvalue weighted by Gasteiger charge is 2.23. The molecule has 1 saturated heterocycles. The summed E-state index contributed by atoms with van der Waals surface area (Å²) >= 11 is 2.22. The van der Waals surface area contributed by atoms with E-state index in [2.05, 4.69) is 33.1 Å². The van der Waals surface area contributed by atoms with Crippen LogP contribution in [0.5, 0.6) is 5.75 Å². The summed E-state index contributed by atoms with van der Waals surface area (Å²) < 4.78 is 11.6. The van der Waals surface area contributed by atoms with Crippen molar-refractivity contribution in [2.75, 3.05) is 44.6 Å². The fourth-order valence-electron chi connectivity index (χ4n) is 2.73. The van der Waals surface area contributed by atoms with Crippen LogP contribution in [0.3, 0.4) is 0 Å². The van der Waals surface area contributed by atoms with Crippen LogP contribution >= 0.6 is 22.6 Å². The van der Waals surface area contributed by atoms with Crippen molar-refractivity contribution < 1.29 is 18.8 Å². The molecule has 0 saturated carbocycles. The molecule has 0 radical (unpaired) electrons. The number of hydrogen-bond donors (Lipinski definition) is 1. The van der Waals surface area contributed by atoms with E-state index in [1.165, 1.54) is 0 Å². The van der Waals surface area contributed by atoms with Gasteiger partial charge in [-0.3, -0.25) is 14.5 Å². The highest BCUT2D eigenvalue weighted by Crippen LogP contribution is 2.14. The topological polar surface area (TPSA) is 87.9 Å². The molecule has 144 valence electrons. The van der Waals surface area contributed by atoms with Gasteiger partial charge in [0.05, 0.1) is 6.54 Å². The minimum atomic E-state index is -0.148. The lowest BCUT2D eigenvalue weighted by molar-refractivity contribution is -0.135. The summed E-state index contributed by atoms with van der Waals surface area (Å²) in [5, 5.41) is 6.44. The number of ether oxygens (including phenoxy) is 1. The standard InChI is InChI=1S/C18H21IN4O4/c1-13-10-16(21-27-13)20-17(24)11-22-6-8-23(9-7-22)18(25)12-26-15-4-2-14(19)3-5-15/h2-5,10H,6-9,11-12H2,1H3,(H,20,21,24). The van der Waals surface area contributed by atoms with Crippen LogP contribution in [-0.4, -0.2) is 66.1 Å². The van der Waals surface area contributed by atoms with Crippen molar-refractivity contribution in [2.24, 2.45) is 0 Å². The van der Waals surface area contributed by atoms with Crippen LogP contribution in [0.1, 0.15) is 5.76 Å². The molecule has 3 rings (SSSR count). The molecule has 1 fully saturated rings. The molecule has 0 unspecified atom stereocenters. The van der Waals surface area contributed by atoms with Crippen molar-refractivity contribution in [1.29, 1.82) is 0 Å². The predicted octanol–water partition coefficient (Wildman–Crippen LogP) is 1.75. The van der Waals surface area contributed by atoms with Gasteiger partial charge in [0.25, 0.3) is 5.91 Å². The first-order valence-electron chi connectivity index (χ1n) is 8.61. The highest BCUT2D eigenvalue weighted by atomic mass is 127. The maximum atomic E-state index is 12.3. The number of nitrogens with zero attached hydrogens (tertiary/aromatic N) is 3. The number of aromatic nitrogens is 1. The molecular weight excluding hydrogens is 463 g/mol. The van der Waals surface area contributed by atoms with Crippen LogP contribution in [0, 0.1) is 10.5 Å². The van der Waals surface area contributed by atoms with Gasteiger partial charge in [-0.15, -0.1) is 0 Å². The molecule has 1 aliphatic rings. The summed E-state index contributed by atoms with van der Waals surface area (Å²) in [6.07, 6.45) is 0. The molecule has 9 heteroatoms. The number of aryl methyl sites for hydroxylation is 1. The van der Waals surface area contributed by atoms with Crippen LogP contribution in [-0.2, 0) is 9.59 Å². The summed E-state index contributed by atoms with van der Waals surface area (Å²) in [5.41, 5.74) is 0. The van der Waals surface area contributed by atoms with Gasteiger partial charge in [0.15, 0.2) is 12.4 Å². The molecule has 1 N–H and O–H groups in total. The third-order valence-corrected chi connectivity index (χ3v) is 4.88. The molecule has 27 heavy (non-hydrogen) atoms. The monoisotopic (exact) mass is 484 g/mol. The van der Waals surface area contributed by atoms with E-state index in [9.17, 15) is 9.59 Å². The van der Waals surface area contributed by atoms with E-state index in [-0.39, 0.29) is 25.0 Å². The lowest BCUT2D eigenvalue weighted by atomic mass is 10.3. The number of carbonyl (C=O) groups excluding carboxylic acids is 2. The average molecular weight is 484 g/mol. The Morgan fingerprint density at radius 2 is 1.93 bits per heavy atom. The molecule has 0 bridgehead atoms. The zero-order valence-electron chi connectivity index (χ0n) is 15.0. The Labute approximate surface area is 171 Å². The Hall–Kier alpha value is -2.14. The Morgan fingerprint density at radius 3 is 2.56 bits per heavy atom. The summed E-state index contributed by atoms with van der Waals surface area (Å²) in [6, 6.07) is 9.24. The molecule has 2 heterocycles. The molecular formula is C18H21IN4O4. The van der Waals surface area contributed by atoms with Crippen molar-refractivity contribution in [3.05, 3.63) is 39.7 Å². The third kappa shape index (κ3) is 5.93. The fraction of sp³-hybridized carbons (Fsp3) is 0.389. The normalized spacial score (nSPS) is 14.8. The van der Waals surface area contributed by atoms with Crippen LogP contribution in [0.4, 0.5) is 5.82 Å². The zero-order chi connectivity index (χ0) is 19.2. The van der Waals surface area contributed by atoms with Crippen LogP contribution < -0.4 is 10.1 Å².